The van der Waals surface area contributed by atoms with Crippen LogP contribution < -0.4 is 0 Å². The Morgan fingerprint density at radius 3 is 2.17 bits per heavy atom. The Morgan fingerprint density at radius 1 is 0.917 bits per heavy atom. The first-order valence-corrected chi connectivity index (χ1v) is 9.85. The molecule has 2 saturated heterocycles. The van der Waals surface area contributed by atoms with Crippen LogP contribution in [0.3, 0.4) is 0 Å². The number of nitrogens with zero attached hydrogens (tertiary/aromatic N) is 2. The molecule has 1 spiro atoms. The number of hydrogen-bond acceptors (Lipinski definition) is 2. The van der Waals surface area contributed by atoms with Crippen LogP contribution in [0, 0.1) is 17.3 Å². The topological polar surface area (TPSA) is 23.6 Å². The van der Waals surface area contributed by atoms with Crippen molar-refractivity contribution >= 4 is 5.91 Å². The molecule has 2 aliphatic carbocycles. The Balaban J connectivity index is 1.36. The monoisotopic (exact) mass is 324 g/mol. The number of rotatable bonds is 5. The van der Waals surface area contributed by atoms with Gasteiger partial charge in [-0.2, -0.15) is 0 Å². The molecule has 128 valence electrons. The molecular weight excluding hydrogens is 296 g/mol. The summed E-state index contributed by atoms with van der Waals surface area (Å²) < 4.78 is 0. The fraction of sp³-hybridized carbons (Fsp3) is 0.667. The molecule has 1 atom stereocenters. The summed E-state index contributed by atoms with van der Waals surface area (Å²) in [4.78, 5) is 18.0. The van der Waals surface area contributed by atoms with E-state index in [1.54, 1.807) is 0 Å². The van der Waals surface area contributed by atoms with E-state index in [0.29, 0.717) is 11.9 Å². The third kappa shape index (κ3) is 2.48. The van der Waals surface area contributed by atoms with Gasteiger partial charge in [0, 0.05) is 13.1 Å². The number of likely N-dealkylation sites (tertiary alicyclic amines) is 2. The first kappa shape index (κ1) is 14.9. The van der Waals surface area contributed by atoms with Crippen LogP contribution in [0.2, 0.25) is 0 Å². The number of carbonyl (C=O) groups is 1. The van der Waals surface area contributed by atoms with E-state index in [0.717, 1.165) is 44.3 Å². The molecule has 1 unspecified atom stereocenters. The maximum atomic E-state index is 13.1. The maximum Gasteiger partial charge on any atom is 0.231 e. The van der Waals surface area contributed by atoms with Gasteiger partial charge in [0.2, 0.25) is 5.91 Å². The summed E-state index contributed by atoms with van der Waals surface area (Å²) in [6, 6.07) is 11.1. The van der Waals surface area contributed by atoms with Crippen molar-refractivity contribution in [3.05, 3.63) is 35.9 Å². The van der Waals surface area contributed by atoms with Gasteiger partial charge in [0.25, 0.3) is 0 Å². The van der Waals surface area contributed by atoms with Crippen LogP contribution in [-0.2, 0) is 4.79 Å². The summed E-state index contributed by atoms with van der Waals surface area (Å²) in [6.07, 6.45) is 7.57. The van der Waals surface area contributed by atoms with Crippen molar-refractivity contribution in [2.45, 2.75) is 44.6 Å². The van der Waals surface area contributed by atoms with E-state index in [2.05, 4.69) is 40.1 Å². The zero-order valence-corrected chi connectivity index (χ0v) is 14.5. The van der Waals surface area contributed by atoms with Gasteiger partial charge in [-0.3, -0.25) is 4.79 Å². The molecule has 2 aliphatic heterocycles. The van der Waals surface area contributed by atoms with Crippen LogP contribution in [0.15, 0.2) is 30.3 Å². The predicted molar refractivity (Wildman–Crippen MR) is 94.5 cm³/mol. The van der Waals surface area contributed by atoms with E-state index >= 15 is 0 Å². The zero-order valence-electron chi connectivity index (χ0n) is 14.5. The first-order chi connectivity index (χ1) is 11.8. The fourth-order valence-corrected chi connectivity index (χ4v) is 4.94. The van der Waals surface area contributed by atoms with E-state index in [-0.39, 0.29) is 5.41 Å². The largest absolute Gasteiger partial charge is 0.334 e. The van der Waals surface area contributed by atoms with Gasteiger partial charge < -0.3 is 9.80 Å². The molecule has 1 aromatic rings. The molecular formula is C21H28N2O. The lowest BCUT2D eigenvalue weighted by molar-refractivity contribution is -0.181. The highest BCUT2D eigenvalue weighted by Gasteiger charge is 2.61. The normalized spacial score (nSPS) is 29.8. The maximum absolute atomic E-state index is 13.1. The van der Waals surface area contributed by atoms with E-state index in [1.807, 2.05) is 0 Å². The molecule has 0 radical (unpaired) electrons. The summed E-state index contributed by atoms with van der Waals surface area (Å²) in [5.74, 6) is 2.18. The molecule has 2 saturated carbocycles. The van der Waals surface area contributed by atoms with Crippen LogP contribution in [0.25, 0.3) is 0 Å². The van der Waals surface area contributed by atoms with E-state index in [4.69, 9.17) is 0 Å². The average molecular weight is 324 g/mol. The molecule has 0 N–H and O–H groups in total. The second-order valence-electron chi connectivity index (χ2n) is 8.61. The molecule has 3 heteroatoms. The Hall–Kier alpha value is -1.35. The summed E-state index contributed by atoms with van der Waals surface area (Å²) in [5.41, 5.74) is 1.25. The smallest absolute Gasteiger partial charge is 0.231 e. The summed E-state index contributed by atoms with van der Waals surface area (Å²) in [7, 11) is 0. The van der Waals surface area contributed by atoms with Crippen LogP contribution in [0.4, 0.5) is 0 Å². The van der Waals surface area contributed by atoms with Crippen molar-refractivity contribution in [1.82, 2.24) is 9.80 Å². The lowest BCUT2D eigenvalue weighted by atomic mass is 9.62. The molecule has 1 aromatic carbocycles. The minimum Gasteiger partial charge on any atom is -0.334 e. The van der Waals surface area contributed by atoms with Crippen LogP contribution in [0.5, 0.6) is 0 Å². The highest BCUT2D eigenvalue weighted by molar-refractivity contribution is 5.91. The van der Waals surface area contributed by atoms with E-state index in [9.17, 15) is 4.79 Å². The number of piperidine rings is 1. The predicted octanol–water partition coefficient (Wildman–Crippen LogP) is 3.47. The van der Waals surface area contributed by atoms with Crippen molar-refractivity contribution in [1.29, 1.82) is 0 Å². The van der Waals surface area contributed by atoms with Gasteiger partial charge in [0.05, 0.1) is 11.5 Å². The molecule has 2 heterocycles. The first-order valence-electron chi connectivity index (χ1n) is 9.85. The number of hydrogen-bond donors (Lipinski definition) is 0. The average Bonchev–Trinajstić information content (AvgIpc) is 3.52. The van der Waals surface area contributed by atoms with E-state index < -0.39 is 0 Å². The van der Waals surface area contributed by atoms with Gasteiger partial charge in [0.1, 0.15) is 0 Å². The van der Waals surface area contributed by atoms with Crippen LogP contribution in [-0.4, -0.2) is 41.9 Å². The van der Waals surface area contributed by atoms with Gasteiger partial charge in [0.15, 0.2) is 0 Å². The minimum absolute atomic E-state index is 0.101. The molecule has 1 amide bonds. The lowest BCUT2D eigenvalue weighted by Crippen LogP contribution is -2.66. The second-order valence-corrected chi connectivity index (χ2v) is 8.61. The standard InChI is InChI=1S/C21H28N2O/c24-20-21(10-12-22(13-11-21)14-16-6-7-16)19(18-4-2-1-3-5-18)23(20)15-17-8-9-17/h1-5,16-17,19H,6-15H2. The van der Waals surface area contributed by atoms with Crippen molar-refractivity contribution in [3.8, 4) is 0 Å². The van der Waals surface area contributed by atoms with Crippen molar-refractivity contribution in [2.75, 3.05) is 26.2 Å². The minimum atomic E-state index is -0.101. The summed E-state index contributed by atoms with van der Waals surface area (Å²) in [5, 5.41) is 0. The molecule has 24 heavy (non-hydrogen) atoms. The Kier molecular flexibility index (Phi) is 3.48. The van der Waals surface area contributed by atoms with Crippen LogP contribution in [0.1, 0.15) is 50.1 Å². The van der Waals surface area contributed by atoms with Gasteiger partial charge in [-0.15, -0.1) is 0 Å². The van der Waals surface area contributed by atoms with Crippen LogP contribution >= 0.6 is 0 Å². The second kappa shape index (κ2) is 5.59. The van der Waals surface area contributed by atoms with Crippen molar-refractivity contribution in [2.24, 2.45) is 17.3 Å². The molecule has 4 fully saturated rings. The molecule has 4 aliphatic rings. The molecule has 0 aromatic heterocycles. The Morgan fingerprint density at radius 2 is 1.54 bits per heavy atom. The highest BCUT2D eigenvalue weighted by atomic mass is 16.2. The van der Waals surface area contributed by atoms with E-state index in [1.165, 1.54) is 37.8 Å². The number of β-lactam (4-membered cyclic amide) rings is 1. The summed E-state index contributed by atoms with van der Waals surface area (Å²) >= 11 is 0. The summed E-state index contributed by atoms with van der Waals surface area (Å²) in [6.45, 7) is 4.49. The third-order valence-corrected chi connectivity index (χ3v) is 6.75. The number of carbonyl (C=O) groups excluding carboxylic acids is 1. The molecule has 0 bridgehead atoms. The lowest BCUT2D eigenvalue weighted by Gasteiger charge is -2.59. The zero-order chi connectivity index (χ0) is 16.1. The molecule has 3 nitrogen and oxygen atoms in total. The van der Waals surface area contributed by atoms with Gasteiger partial charge in [-0.05, 0) is 69.0 Å². The fourth-order valence-electron chi connectivity index (χ4n) is 4.94. The third-order valence-electron chi connectivity index (χ3n) is 6.75. The highest BCUT2D eigenvalue weighted by Crippen LogP contribution is 2.57. The van der Waals surface area contributed by atoms with Crippen molar-refractivity contribution < 1.29 is 4.79 Å². The van der Waals surface area contributed by atoms with Gasteiger partial charge in [-0.1, -0.05) is 30.3 Å². The number of benzene rings is 1. The molecule has 5 rings (SSSR count). The Bertz CT molecular complexity index is 612. The van der Waals surface area contributed by atoms with Gasteiger partial charge in [-0.25, -0.2) is 0 Å². The Labute approximate surface area is 145 Å². The van der Waals surface area contributed by atoms with Crippen molar-refractivity contribution in [3.63, 3.8) is 0 Å². The quantitative estimate of drug-likeness (QED) is 0.774. The number of amides is 1. The van der Waals surface area contributed by atoms with Gasteiger partial charge >= 0.3 is 0 Å². The SMILES string of the molecule is O=C1N(CC2CC2)C(c2ccccc2)C12CCN(CC1CC1)CC2.